The summed E-state index contributed by atoms with van der Waals surface area (Å²) in [5.41, 5.74) is 5.26. The summed E-state index contributed by atoms with van der Waals surface area (Å²) in [4.78, 5) is 2.63. The molecular formula is C28H41NO. The van der Waals surface area contributed by atoms with Crippen LogP contribution in [0.15, 0.2) is 48.5 Å². The number of rotatable bonds is 11. The highest BCUT2D eigenvalue weighted by atomic mass is 16.5. The third-order valence-corrected chi connectivity index (χ3v) is 6.52. The number of hydrogen-bond acceptors (Lipinski definition) is 2. The van der Waals surface area contributed by atoms with Crippen LogP contribution in [-0.4, -0.2) is 24.1 Å². The van der Waals surface area contributed by atoms with Gasteiger partial charge < -0.3 is 4.74 Å². The van der Waals surface area contributed by atoms with Gasteiger partial charge in [-0.2, -0.15) is 0 Å². The minimum atomic E-state index is 0.466. The molecule has 2 heteroatoms. The topological polar surface area (TPSA) is 12.5 Å². The highest BCUT2D eigenvalue weighted by molar-refractivity contribution is 5.64. The summed E-state index contributed by atoms with van der Waals surface area (Å²) in [5.74, 6) is 0.755. The summed E-state index contributed by atoms with van der Waals surface area (Å²) >= 11 is 0. The third kappa shape index (κ3) is 6.68. The van der Waals surface area contributed by atoms with Crippen LogP contribution in [0.25, 0.3) is 11.1 Å². The van der Waals surface area contributed by atoms with E-state index in [1.807, 2.05) is 0 Å². The molecule has 2 nitrogen and oxygen atoms in total. The monoisotopic (exact) mass is 407 g/mol. The lowest BCUT2D eigenvalue weighted by Gasteiger charge is -2.30. The molecule has 0 spiro atoms. The first-order chi connectivity index (χ1) is 14.6. The predicted octanol–water partition coefficient (Wildman–Crippen LogP) is 7.63. The van der Waals surface area contributed by atoms with Gasteiger partial charge in [0.25, 0.3) is 0 Å². The van der Waals surface area contributed by atoms with Gasteiger partial charge in [0.1, 0.15) is 0 Å². The van der Waals surface area contributed by atoms with E-state index in [2.05, 4.69) is 81.1 Å². The largest absolute Gasteiger partial charge is 0.374 e. The van der Waals surface area contributed by atoms with Gasteiger partial charge in [0.15, 0.2) is 0 Å². The number of ether oxygens (including phenoxy) is 1. The molecule has 0 amide bonds. The van der Waals surface area contributed by atoms with E-state index in [9.17, 15) is 0 Å². The highest BCUT2D eigenvalue weighted by Crippen LogP contribution is 2.27. The maximum Gasteiger partial charge on any atom is 0.0720 e. The van der Waals surface area contributed by atoms with Crippen LogP contribution in [0.5, 0.6) is 0 Å². The molecule has 0 N–H and O–H groups in total. The second-order valence-electron chi connectivity index (χ2n) is 9.43. The van der Waals surface area contributed by atoms with E-state index in [0.717, 1.165) is 12.5 Å². The minimum absolute atomic E-state index is 0.466. The van der Waals surface area contributed by atoms with Crippen LogP contribution in [0, 0.1) is 5.92 Å². The van der Waals surface area contributed by atoms with Crippen molar-refractivity contribution in [3.63, 3.8) is 0 Å². The Bertz CT molecular complexity index is 728. The fourth-order valence-corrected chi connectivity index (χ4v) is 4.44. The minimum Gasteiger partial charge on any atom is -0.374 e. The average Bonchev–Trinajstić information content (AvgIpc) is 3.29. The zero-order valence-corrected chi connectivity index (χ0v) is 19.6. The lowest BCUT2D eigenvalue weighted by atomic mass is 9.99. The molecular weight excluding hydrogens is 366 g/mol. The van der Waals surface area contributed by atoms with Crippen molar-refractivity contribution in [1.29, 1.82) is 0 Å². The van der Waals surface area contributed by atoms with Crippen LogP contribution >= 0.6 is 0 Å². The van der Waals surface area contributed by atoms with Crippen molar-refractivity contribution >= 4 is 0 Å². The fraction of sp³-hybridized carbons (Fsp3) is 0.571. The molecule has 2 aromatic rings. The van der Waals surface area contributed by atoms with E-state index in [-0.39, 0.29) is 0 Å². The van der Waals surface area contributed by atoms with E-state index < -0.39 is 0 Å². The van der Waals surface area contributed by atoms with Crippen molar-refractivity contribution in [1.82, 2.24) is 4.90 Å². The Morgan fingerprint density at radius 1 is 0.867 bits per heavy atom. The lowest BCUT2D eigenvalue weighted by Crippen LogP contribution is -2.29. The zero-order valence-electron chi connectivity index (χ0n) is 19.6. The first-order valence-electron chi connectivity index (χ1n) is 12.1. The van der Waals surface area contributed by atoms with Crippen molar-refractivity contribution in [3.05, 3.63) is 59.7 Å². The Balaban J connectivity index is 1.59. The molecule has 0 aliphatic heterocycles. The maximum atomic E-state index is 6.05. The molecule has 164 valence electrons. The zero-order chi connectivity index (χ0) is 21.3. The molecule has 2 aromatic carbocycles. The Hall–Kier alpha value is -1.64. The average molecular weight is 408 g/mol. The van der Waals surface area contributed by atoms with Crippen molar-refractivity contribution in [2.45, 2.75) is 85.0 Å². The van der Waals surface area contributed by atoms with Crippen LogP contribution in [0.3, 0.4) is 0 Å². The van der Waals surface area contributed by atoms with Crippen molar-refractivity contribution in [2.24, 2.45) is 5.92 Å². The molecule has 30 heavy (non-hydrogen) atoms. The Labute approximate surface area is 184 Å². The van der Waals surface area contributed by atoms with Crippen LogP contribution in [0.2, 0.25) is 0 Å². The van der Waals surface area contributed by atoms with E-state index in [1.165, 1.54) is 73.9 Å². The van der Waals surface area contributed by atoms with Crippen LogP contribution in [0.1, 0.15) is 83.4 Å². The number of nitrogens with zero attached hydrogens (tertiary/aromatic N) is 1. The molecule has 1 fully saturated rings. The molecule has 1 saturated carbocycles. The predicted molar refractivity (Wildman–Crippen MR) is 129 cm³/mol. The molecule has 3 rings (SSSR count). The summed E-state index contributed by atoms with van der Waals surface area (Å²) in [6, 6.07) is 18.6. The van der Waals surface area contributed by atoms with Crippen molar-refractivity contribution in [2.75, 3.05) is 13.1 Å². The Morgan fingerprint density at radius 2 is 1.47 bits per heavy atom. The van der Waals surface area contributed by atoms with Crippen molar-refractivity contribution in [3.8, 4) is 11.1 Å². The molecule has 0 heterocycles. The molecule has 1 aliphatic rings. The smallest absolute Gasteiger partial charge is 0.0720 e. The van der Waals surface area contributed by atoms with E-state index in [1.54, 1.807) is 0 Å². The second kappa shape index (κ2) is 11.7. The molecule has 0 radical (unpaired) electrons. The summed E-state index contributed by atoms with van der Waals surface area (Å²) in [6.45, 7) is 12.3. The van der Waals surface area contributed by atoms with Gasteiger partial charge in [0, 0.05) is 6.04 Å². The van der Waals surface area contributed by atoms with Gasteiger partial charge in [-0.05, 0) is 73.9 Å². The van der Waals surface area contributed by atoms with Crippen LogP contribution in [0.4, 0.5) is 0 Å². The maximum absolute atomic E-state index is 6.05. The van der Waals surface area contributed by atoms with Gasteiger partial charge in [-0.3, -0.25) is 4.90 Å². The molecule has 1 aliphatic carbocycles. The number of benzene rings is 2. The van der Waals surface area contributed by atoms with E-state index >= 15 is 0 Å². The first kappa shape index (κ1) is 23.0. The van der Waals surface area contributed by atoms with Gasteiger partial charge in [-0.25, -0.2) is 0 Å². The van der Waals surface area contributed by atoms with Gasteiger partial charge in [0.05, 0.1) is 12.7 Å². The SMILES string of the molecule is CCCN(CCC(C)C)C(C)c1ccc(-c2ccc(COC3CCCC3)cc2)cc1. The van der Waals surface area contributed by atoms with Gasteiger partial charge >= 0.3 is 0 Å². The normalized spacial score (nSPS) is 15.9. The Morgan fingerprint density at radius 3 is 2.03 bits per heavy atom. The summed E-state index contributed by atoms with van der Waals surface area (Å²) in [5, 5.41) is 0. The molecule has 0 aromatic heterocycles. The summed E-state index contributed by atoms with van der Waals surface area (Å²) in [6.07, 6.45) is 8.06. The standard InChI is InChI=1S/C28H41NO/c1-5-19-29(20-18-22(2)3)23(4)25-14-16-27(17-15-25)26-12-10-24(11-13-26)21-30-28-8-6-7-9-28/h10-17,22-23,28H,5-9,18-21H2,1-4H3. The van der Waals surface area contributed by atoms with Crippen LogP contribution in [-0.2, 0) is 11.3 Å². The molecule has 0 bridgehead atoms. The van der Waals surface area contributed by atoms with Gasteiger partial charge in [-0.15, -0.1) is 0 Å². The molecule has 1 atom stereocenters. The molecule has 0 saturated heterocycles. The fourth-order valence-electron chi connectivity index (χ4n) is 4.44. The first-order valence-corrected chi connectivity index (χ1v) is 12.1. The lowest BCUT2D eigenvalue weighted by molar-refractivity contribution is 0.0457. The van der Waals surface area contributed by atoms with Crippen LogP contribution < -0.4 is 0 Å². The summed E-state index contributed by atoms with van der Waals surface area (Å²) < 4.78 is 6.05. The third-order valence-electron chi connectivity index (χ3n) is 6.52. The molecule has 1 unspecified atom stereocenters. The Kier molecular flexibility index (Phi) is 8.96. The van der Waals surface area contributed by atoms with E-state index in [0.29, 0.717) is 12.1 Å². The quantitative estimate of drug-likeness (QED) is 0.379. The van der Waals surface area contributed by atoms with Gasteiger partial charge in [0.2, 0.25) is 0 Å². The second-order valence-corrected chi connectivity index (χ2v) is 9.43. The van der Waals surface area contributed by atoms with E-state index in [4.69, 9.17) is 4.74 Å². The van der Waals surface area contributed by atoms with Gasteiger partial charge in [-0.1, -0.05) is 82.1 Å². The van der Waals surface area contributed by atoms with Crippen molar-refractivity contribution < 1.29 is 4.74 Å². The summed E-state index contributed by atoms with van der Waals surface area (Å²) in [7, 11) is 0. The highest BCUT2D eigenvalue weighted by Gasteiger charge is 2.16. The number of hydrogen-bond donors (Lipinski definition) is 0.